The summed E-state index contributed by atoms with van der Waals surface area (Å²) in [7, 11) is 1.98. The Hall–Kier alpha value is -2.01. The summed E-state index contributed by atoms with van der Waals surface area (Å²) in [4.78, 5) is 6.51. The Kier molecular flexibility index (Phi) is 3.36. The number of nitrogens with zero attached hydrogens (tertiary/aromatic N) is 2. The first-order valence-corrected chi connectivity index (χ1v) is 6.72. The zero-order chi connectivity index (χ0) is 14.1. The van der Waals surface area contributed by atoms with Crippen molar-refractivity contribution in [1.82, 2.24) is 4.98 Å². The highest BCUT2D eigenvalue weighted by atomic mass is 16.7. The fourth-order valence-corrected chi connectivity index (χ4v) is 2.34. The first kappa shape index (κ1) is 13.0. The molecule has 106 valence electrons. The van der Waals surface area contributed by atoms with Gasteiger partial charge >= 0.3 is 0 Å². The van der Waals surface area contributed by atoms with Crippen LogP contribution in [0.5, 0.6) is 11.5 Å². The van der Waals surface area contributed by atoms with E-state index in [2.05, 4.69) is 9.88 Å². The number of anilines is 1. The molecular formula is C15H18N2O3. The number of ether oxygens (including phenoxy) is 2. The summed E-state index contributed by atoms with van der Waals surface area (Å²) in [5.41, 5.74) is 0. The Bertz CT molecular complexity index is 628. The number of fused-ring (bicyclic) bond motifs is 2. The van der Waals surface area contributed by atoms with Gasteiger partial charge in [-0.1, -0.05) is 0 Å². The maximum absolute atomic E-state index is 9.40. The third kappa shape index (κ3) is 2.36. The minimum absolute atomic E-state index is 0.270. The van der Waals surface area contributed by atoms with Crippen molar-refractivity contribution >= 4 is 16.6 Å². The van der Waals surface area contributed by atoms with Crippen LogP contribution in [-0.2, 0) is 0 Å². The van der Waals surface area contributed by atoms with E-state index in [4.69, 9.17) is 9.47 Å². The summed E-state index contributed by atoms with van der Waals surface area (Å²) in [5.74, 6) is 2.43. The number of hydrogen-bond donors (Lipinski definition) is 1. The second kappa shape index (κ2) is 5.17. The van der Waals surface area contributed by atoms with E-state index >= 15 is 0 Å². The van der Waals surface area contributed by atoms with E-state index in [1.807, 2.05) is 25.2 Å². The molecule has 1 unspecified atom stereocenters. The van der Waals surface area contributed by atoms with Gasteiger partial charge in [0.25, 0.3) is 0 Å². The van der Waals surface area contributed by atoms with Gasteiger partial charge in [0.15, 0.2) is 11.5 Å². The van der Waals surface area contributed by atoms with Crippen LogP contribution in [0.25, 0.3) is 10.8 Å². The van der Waals surface area contributed by atoms with Gasteiger partial charge in [-0.15, -0.1) is 0 Å². The summed E-state index contributed by atoms with van der Waals surface area (Å²) < 4.78 is 10.8. The molecule has 3 rings (SSSR count). The predicted octanol–water partition coefficient (Wildman–Crippen LogP) is 2.17. The molecule has 0 saturated heterocycles. The molecule has 2 heterocycles. The monoisotopic (exact) mass is 274 g/mol. The number of benzene rings is 1. The Balaban J connectivity index is 1.98. The molecule has 20 heavy (non-hydrogen) atoms. The summed E-state index contributed by atoms with van der Waals surface area (Å²) in [6.07, 6.45) is 2.19. The summed E-state index contributed by atoms with van der Waals surface area (Å²) >= 11 is 0. The maximum Gasteiger partial charge on any atom is 0.231 e. The lowest BCUT2D eigenvalue weighted by atomic mass is 10.1. The molecule has 0 radical (unpaired) electrons. The largest absolute Gasteiger partial charge is 0.454 e. The van der Waals surface area contributed by atoms with Gasteiger partial charge in [-0.05, 0) is 36.9 Å². The Morgan fingerprint density at radius 3 is 2.85 bits per heavy atom. The molecule has 1 aromatic carbocycles. The van der Waals surface area contributed by atoms with Crippen LogP contribution in [0.3, 0.4) is 0 Å². The number of hydrogen-bond acceptors (Lipinski definition) is 5. The second-order valence-corrected chi connectivity index (χ2v) is 5.12. The summed E-state index contributed by atoms with van der Waals surface area (Å²) in [5, 5.41) is 11.5. The smallest absolute Gasteiger partial charge is 0.231 e. The summed E-state index contributed by atoms with van der Waals surface area (Å²) in [6, 6.07) is 5.91. The number of aliphatic hydroxyl groups excluding tert-OH is 1. The molecule has 1 N–H and O–H groups in total. The number of pyridine rings is 1. The van der Waals surface area contributed by atoms with Crippen molar-refractivity contribution in [3.05, 3.63) is 24.4 Å². The third-order valence-corrected chi connectivity index (χ3v) is 3.48. The molecule has 5 heteroatoms. The normalized spacial score (nSPS) is 14.6. The minimum atomic E-state index is -0.312. The lowest BCUT2D eigenvalue weighted by Crippen LogP contribution is -2.22. The second-order valence-electron chi connectivity index (χ2n) is 5.12. The highest BCUT2D eigenvalue weighted by Crippen LogP contribution is 2.38. The van der Waals surface area contributed by atoms with Crippen molar-refractivity contribution in [1.29, 1.82) is 0 Å². The van der Waals surface area contributed by atoms with Gasteiger partial charge in [-0.2, -0.15) is 0 Å². The van der Waals surface area contributed by atoms with E-state index in [-0.39, 0.29) is 12.9 Å². The van der Waals surface area contributed by atoms with E-state index < -0.39 is 0 Å². The Labute approximate surface area is 117 Å². The minimum Gasteiger partial charge on any atom is -0.454 e. The van der Waals surface area contributed by atoms with Crippen LogP contribution in [0.15, 0.2) is 24.4 Å². The van der Waals surface area contributed by atoms with Crippen LogP contribution in [-0.4, -0.2) is 36.6 Å². The Morgan fingerprint density at radius 2 is 2.10 bits per heavy atom. The van der Waals surface area contributed by atoms with Crippen LogP contribution in [0.2, 0.25) is 0 Å². The molecule has 2 aromatic rings. The molecule has 1 aliphatic heterocycles. The van der Waals surface area contributed by atoms with Crippen molar-refractivity contribution in [2.24, 2.45) is 0 Å². The van der Waals surface area contributed by atoms with Crippen LogP contribution >= 0.6 is 0 Å². The molecule has 1 atom stereocenters. The van der Waals surface area contributed by atoms with Crippen molar-refractivity contribution in [3.8, 4) is 11.5 Å². The van der Waals surface area contributed by atoms with Gasteiger partial charge in [0.1, 0.15) is 5.82 Å². The van der Waals surface area contributed by atoms with Gasteiger partial charge < -0.3 is 19.5 Å². The molecular weight excluding hydrogens is 256 g/mol. The van der Waals surface area contributed by atoms with Gasteiger partial charge in [-0.3, -0.25) is 0 Å². The van der Waals surface area contributed by atoms with Crippen LogP contribution in [0, 0.1) is 0 Å². The first-order valence-electron chi connectivity index (χ1n) is 6.72. The standard InChI is InChI=1S/C15H18N2O3/c1-10(18)4-6-17(2)15-12-8-14-13(19-9-20-14)7-11(12)3-5-16-15/h3,5,7-8,10,18H,4,6,9H2,1-2H3. The predicted molar refractivity (Wildman–Crippen MR) is 77.4 cm³/mol. The van der Waals surface area contributed by atoms with Gasteiger partial charge in [0.2, 0.25) is 6.79 Å². The number of rotatable bonds is 4. The molecule has 0 saturated carbocycles. The average molecular weight is 274 g/mol. The molecule has 0 fully saturated rings. The lowest BCUT2D eigenvalue weighted by Gasteiger charge is -2.20. The average Bonchev–Trinajstić information content (AvgIpc) is 2.88. The van der Waals surface area contributed by atoms with E-state index in [0.29, 0.717) is 6.42 Å². The van der Waals surface area contributed by atoms with Crippen LogP contribution < -0.4 is 14.4 Å². The number of aromatic nitrogens is 1. The molecule has 0 amide bonds. The molecule has 5 nitrogen and oxygen atoms in total. The Morgan fingerprint density at radius 1 is 1.35 bits per heavy atom. The highest BCUT2D eigenvalue weighted by Gasteiger charge is 2.17. The van der Waals surface area contributed by atoms with E-state index in [0.717, 1.165) is 34.6 Å². The van der Waals surface area contributed by atoms with Crippen molar-refractivity contribution in [2.45, 2.75) is 19.4 Å². The highest BCUT2D eigenvalue weighted by molar-refractivity contribution is 5.94. The number of aliphatic hydroxyl groups is 1. The third-order valence-electron chi connectivity index (χ3n) is 3.48. The molecule has 0 aliphatic carbocycles. The zero-order valence-electron chi connectivity index (χ0n) is 11.7. The van der Waals surface area contributed by atoms with E-state index in [1.54, 1.807) is 13.1 Å². The topological polar surface area (TPSA) is 54.8 Å². The van der Waals surface area contributed by atoms with Crippen molar-refractivity contribution in [2.75, 3.05) is 25.3 Å². The van der Waals surface area contributed by atoms with Crippen molar-refractivity contribution < 1.29 is 14.6 Å². The first-order chi connectivity index (χ1) is 9.65. The van der Waals surface area contributed by atoms with Gasteiger partial charge in [0, 0.05) is 25.2 Å². The van der Waals surface area contributed by atoms with E-state index in [1.165, 1.54) is 0 Å². The molecule has 0 spiro atoms. The maximum atomic E-state index is 9.40. The zero-order valence-corrected chi connectivity index (χ0v) is 11.7. The van der Waals surface area contributed by atoms with Gasteiger partial charge in [-0.25, -0.2) is 4.98 Å². The lowest BCUT2D eigenvalue weighted by molar-refractivity contribution is 0.174. The summed E-state index contributed by atoms with van der Waals surface area (Å²) in [6.45, 7) is 2.81. The van der Waals surface area contributed by atoms with Crippen LogP contribution in [0.1, 0.15) is 13.3 Å². The molecule has 0 bridgehead atoms. The quantitative estimate of drug-likeness (QED) is 0.926. The SMILES string of the molecule is CC(O)CCN(C)c1nccc2cc3c(cc12)OCO3. The van der Waals surface area contributed by atoms with Crippen LogP contribution in [0.4, 0.5) is 5.82 Å². The fraction of sp³-hybridized carbons (Fsp3) is 0.400. The molecule has 1 aromatic heterocycles. The molecule has 1 aliphatic rings. The van der Waals surface area contributed by atoms with Gasteiger partial charge in [0.05, 0.1) is 6.10 Å². The van der Waals surface area contributed by atoms with E-state index in [9.17, 15) is 5.11 Å². The van der Waals surface area contributed by atoms with Crippen molar-refractivity contribution in [3.63, 3.8) is 0 Å². The fourth-order valence-electron chi connectivity index (χ4n) is 2.34.